The lowest BCUT2D eigenvalue weighted by Crippen LogP contribution is -2.28. The monoisotopic (exact) mass is 209 g/mol. The molecule has 84 valence electrons. The molecule has 1 fully saturated rings. The van der Waals surface area contributed by atoms with Gasteiger partial charge in [0.25, 0.3) is 0 Å². The number of aryl methyl sites for hydroxylation is 1. The van der Waals surface area contributed by atoms with Crippen LogP contribution in [0.1, 0.15) is 37.8 Å². The predicted molar refractivity (Wildman–Crippen MR) is 58.3 cm³/mol. The number of hydrogen-bond donors (Lipinski definition) is 2. The Labute approximate surface area is 90.2 Å². The van der Waals surface area contributed by atoms with E-state index in [2.05, 4.69) is 17.2 Å². The molecule has 3 N–H and O–H groups in total. The SMILES string of the molecule is CCc1cnc(CNC2CCC(N)C2)o1. The summed E-state index contributed by atoms with van der Waals surface area (Å²) in [4.78, 5) is 4.21. The zero-order chi connectivity index (χ0) is 10.7. The van der Waals surface area contributed by atoms with Crippen LogP contribution in [0.25, 0.3) is 0 Å². The van der Waals surface area contributed by atoms with E-state index in [1.807, 2.05) is 0 Å². The molecular weight excluding hydrogens is 190 g/mol. The first-order chi connectivity index (χ1) is 7.28. The summed E-state index contributed by atoms with van der Waals surface area (Å²) in [6, 6.07) is 0.912. The second-order valence-electron chi connectivity index (χ2n) is 4.22. The summed E-state index contributed by atoms with van der Waals surface area (Å²) in [5.41, 5.74) is 5.84. The lowest BCUT2D eigenvalue weighted by atomic mass is 10.2. The number of nitrogens with one attached hydrogen (secondary N) is 1. The van der Waals surface area contributed by atoms with Crippen molar-refractivity contribution in [2.24, 2.45) is 5.73 Å². The number of nitrogens with zero attached hydrogens (tertiary/aromatic N) is 1. The molecule has 15 heavy (non-hydrogen) atoms. The molecule has 4 nitrogen and oxygen atoms in total. The molecule has 1 heterocycles. The lowest BCUT2D eigenvalue weighted by Gasteiger charge is -2.09. The van der Waals surface area contributed by atoms with Crippen molar-refractivity contribution in [2.75, 3.05) is 0 Å². The molecule has 1 aromatic heterocycles. The van der Waals surface area contributed by atoms with E-state index in [0.717, 1.165) is 37.5 Å². The van der Waals surface area contributed by atoms with Crippen LogP contribution in [0.5, 0.6) is 0 Å². The van der Waals surface area contributed by atoms with Crippen LogP contribution in [-0.2, 0) is 13.0 Å². The highest BCUT2D eigenvalue weighted by Crippen LogP contribution is 2.17. The van der Waals surface area contributed by atoms with E-state index < -0.39 is 0 Å². The van der Waals surface area contributed by atoms with Gasteiger partial charge in [0.15, 0.2) is 0 Å². The van der Waals surface area contributed by atoms with E-state index in [1.54, 1.807) is 6.20 Å². The first kappa shape index (κ1) is 10.6. The van der Waals surface area contributed by atoms with Crippen molar-refractivity contribution in [3.8, 4) is 0 Å². The maximum absolute atomic E-state index is 5.84. The minimum absolute atomic E-state index is 0.373. The Morgan fingerprint density at radius 1 is 1.60 bits per heavy atom. The molecule has 0 bridgehead atoms. The van der Waals surface area contributed by atoms with Gasteiger partial charge in [0, 0.05) is 18.5 Å². The van der Waals surface area contributed by atoms with E-state index in [0.29, 0.717) is 12.1 Å². The van der Waals surface area contributed by atoms with E-state index in [-0.39, 0.29) is 0 Å². The maximum Gasteiger partial charge on any atom is 0.208 e. The second-order valence-corrected chi connectivity index (χ2v) is 4.22. The number of rotatable bonds is 4. The van der Waals surface area contributed by atoms with Crippen LogP contribution in [0.15, 0.2) is 10.6 Å². The van der Waals surface area contributed by atoms with Crippen molar-refractivity contribution in [3.63, 3.8) is 0 Å². The highest BCUT2D eigenvalue weighted by Gasteiger charge is 2.21. The lowest BCUT2D eigenvalue weighted by molar-refractivity contribution is 0.414. The van der Waals surface area contributed by atoms with Crippen LogP contribution < -0.4 is 11.1 Å². The minimum atomic E-state index is 0.373. The fourth-order valence-electron chi connectivity index (χ4n) is 2.03. The summed E-state index contributed by atoms with van der Waals surface area (Å²) in [7, 11) is 0. The van der Waals surface area contributed by atoms with Crippen molar-refractivity contribution in [3.05, 3.63) is 17.8 Å². The molecule has 2 rings (SSSR count). The largest absolute Gasteiger partial charge is 0.444 e. The number of oxazole rings is 1. The van der Waals surface area contributed by atoms with Gasteiger partial charge in [0.05, 0.1) is 12.7 Å². The fourth-order valence-corrected chi connectivity index (χ4v) is 2.03. The summed E-state index contributed by atoms with van der Waals surface area (Å²) in [5.74, 6) is 1.74. The normalized spacial score (nSPS) is 26.0. The van der Waals surface area contributed by atoms with Crippen molar-refractivity contribution < 1.29 is 4.42 Å². The zero-order valence-electron chi connectivity index (χ0n) is 9.20. The molecule has 2 unspecified atom stereocenters. The van der Waals surface area contributed by atoms with Gasteiger partial charge in [-0.25, -0.2) is 4.98 Å². The summed E-state index contributed by atoms with van der Waals surface area (Å²) in [5, 5.41) is 3.43. The molecule has 0 aromatic carbocycles. The molecule has 1 aromatic rings. The fraction of sp³-hybridized carbons (Fsp3) is 0.727. The van der Waals surface area contributed by atoms with Crippen molar-refractivity contribution in [1.82, 2.24) is 10.3 Å². The first-order valence-electron chi connectivity index (χ1n) is 5.70. The van der Waals surface area contributed by atoms with Gasteiger partial charge in [-0.2, -0.15) is 0 Å². The van der Waals surface area contributed by atoms with Crippen molar-refractivity contribution >= 4 is 0 Å². The predicted octanol–water partition coefficient (Wildman–Crippen LogP) is 1.21. The standard InChI is InChI=1S/C11H19N3O/c1-2-10-6-14-11(15-10)7-13-9-4-3-8(12)5-9/h6,8-9,13H,2-5,7,12H2,1H3. The Bertz CT molecular complexity index is 311. The second kappa shape index (κ2) is 4.77. The van der Waals surface area contributed by atoms with Gasteiger partial charge in [0.1, 0.15) is 5.76 Å². The number of nitrogens with two attached hydrogens (primary N) is 1. The minimum Gasteiger partial charge on any atom is -0.444 e. The summed E-state index contributed by atoms with van der Waals surface area (Å²) >= 11 is 0. The Morgan fingerprint density at radius 2 is 2.47 bits per heavy atom. The van der Waals surface area contributed by atoms with Crippen molar-refractivity contribution in [2.45, 2.75) is 51.2 Å². The van der Waals surface area contributed by atoms with Gasteiger partial charge in [0.2, 0.25) is 5.89 Å². The van der Waals surface area contributed by atoms with Gasteiger partial charge in [-0.3, -0.25) is 0 Å². The summed E-state index contributed by atoms with van der Waals surface area (Å²) in [6.45, 7) is 2.78. The number of aromatic nitrogens is 1. The molecular formula is C11H19N3O. The third-order valence-corrected chi connectivity index (χ3v) is 2.97. The third-order valence-electron chi connectivity index (χ3n) is 2.97. The maximum atomic E-state index is 5.84. The molecule has 4 heteroatoms. The van der Waals surface area contributed by atoms with E-state index in [9.17, 15) is 0 Å². The zero-order valence-corrected chi connectivity index (χ0v) is 9.20. The van der Waals surface area contributed by atoms with Crippen LogP contribution in [0.2, 0.25) is 0 Å². The average molecular weight is 209 g/mol. The summed E-state index contributed by atoms with van der Waals surface area (Å²) < 4.78 is 5.51. The molecule has 0 aliphatic heterocycles. The van der Waals surface area contributed by atoms with Crippen LogP contribution in [0.4, 0.5) is 0 Å². The molecule has 0 radical (unpaired) electrons. The van der Waals surface area contributed by atoms with Crippen LogP contribution in [0, 0.1) is 0 Å². The van der Waals surface area contributed by atoms with Gasteiger partial charge >= 0.3 is 0 Å². The van der Waals surface area contributed by atoms with Crippen LogP contribution in [0.3, 0.4) is 0 Å². The molecule has 1 aliphatic carbocycles. The van der Waals surface area contributed by atoms with Crippen LogP contribution >= 0.6 is 0 Å². The Morgan fingerprint density at radius 3 is 3.07 bits per heavy atom. The summed E-state index contributed by atoms with van der Waals surface area (Å²) in [6.07, 6.45) is 6.08. The quantitative estimate of drug-likeness (QED) is 0.782. The first-order valence-corrected chi connectivity index (χ1v) is 5.70. The van der Waals surface area contributed by atoms with Crippen molar-refractivity contribution in [1.29, 1.82) is 0 Å². The van der Waals surface area contributed by atoms with Gasteiger partial charge in [-0.15, -0.1) is 0 Å². The molecule has 1 saturated carbocycles. The molecule has 0 amide bonds. The van der Waals surface area contributed by atoms with Gasteiger partial charge in [-0.1, -0.05) is 6.92 Å². The Balaban J connectivity index is 1.77. The van der Waals surface area contributed by atoms with E-state index >= 15 is 0 Å². The van der Waals surface area contributed by atoms with E-state index in [1.165, 1.54) is 6.42 Å². The van der Waals surface area contributed by atoms with E-state index in [4.69, 9.17) is 10.2 Å². The Hall–Kier alpha value is -0.870. The molecule has 1 aliphatic rings. The third kappa shape index (κ3) is 2.79. The van der Waals surface area contributed by atoms with Gasteiger partial charge < -0.3 is 15.5 Å². The topological polar surface area (TPSA) is 64.1 Å². The van der Waals surface area contributed by atoms with Crippen LogP contribution in [-0.4, -0.2) is 17.1 Å². The molecule has 0 spiro atoms. The number of hydrogen-bond acceptors (Lipinski definition) is 4. The molecule has 0 saturated heterocycles. The van der Waals surface area contributed by atoms with Gasteiger partial charge in [-0.05, 0) is 19.3 Å². The smallest absolute Gasteiger partial charge is 0.208 e. The highest BCUT2D eigenvalue weighted by atomic mass is 16.4. The highest BCUT2D eigenvalue weighted by molar-refractivity contribution is 4.94. The molecule has 2 atom stereocenters. The Kier molecular flexibility index (Phi) is 3.38. The average Bonchev–Trinajstić information content (AvgIpc) is 2.83.